The highest BCUT2D eigenvalue weighted by Crippen LogP contribution is 2.26. The molecule has 1 fully saturated rings. The molecule has 19 heavy (non-hydrogen) atoms. The highest BCUT2D eigenvalue weighted by atomic mass is 127. The minimum absolute atomic E-state index is 0.277. The summed E-state index contributed by atoms with van der Waals surface area (Å²) in [6, 6.07) is 9.62. The summed E-state index contributed by atoms with van der Waals surface area (Å²) in [6.07, 6.45) is 5.11. The Hall–Kier alpha value is -1.35. The number of nitriles is 1. The molecule has 1 aromatic rings. The van der Waals surface area contributed by atoms with Crippen molar-refractivity contribution in [3.05, 3.63) is 39.0 Å². The lowest BCUT2D eigenvalue weighted by Crippen LogP contribution is -2.16. The Morgan fingerprint density at radius 1 is 1.16 bits per heavy atom. The van der Waals surface area contributed by atoms with E-state index in [0.29, 0.717) is 5.57 Å². The van der Waals surface area contributed by atoms with Gasteiger partial charge in [0.25, 0.3) is 5.91 Å². The second kappa shape index (κ2) is 6.71. The van der Waals surface area contributed by atoms with E-state index in [1.165, 1.54) is 6.42 Å². The molecule has 0 aromatic heterocycles. The zero-order valence-corrected chi connectivity index (χ0v) is 12.7. The summed E-state index contributed by atoms with van der Waals surface area (Å²) >= 11 is 2.21. The third-order valence-electron chi connectivity index (χ3n) is 3.25. The van der Waals surface area contributed by atoms with Gasteiger partial charge in [-0.1, -0.05) is 6.42 Å². The van der Waals surface area contributed by atoms with Crippen LogP contribution in [0.15, 0.2) is 35.4 Å². The minimum Gasteiger partial charge on any atom is -0.321 e. The second-order valence-electron chi connectivity index (χ2n) is 4.61. The van der Waals surface area contributed by atoms with Crippen LogP contribution in [0.1, 0.15) is 32.1 Å². The SMILES string of the molecule is N#CC(C(=O)Nc1ccc(I)cc1)=C1CCCCC1. The van der Waals surface area contributed by atoms with E-state index < -0.39 is 0 Å². The molecule has 0 spiro atoms. The van der Waals surface area contributed by atoms with Crippen LogP contribution in [-0.4, -0.2) is 5.91 Å². The Morgan fingerprint density at radius 3 is 2.37 bits per heavy atom. The Morgan fingerprint density at radius 2 is 1.79 bits per heavy atom. The number of amides is 1. The number of allylic oxidation sites excluding steroid dienone is 1. The number of carbonyl (C=O) groups is 1. The van der Waals surface area contributed by atoms with E-state index in [1.807, 2.05) is 24.3 Å². The molecule has 2 rings (SSSR count). The van der Waals surface area contributed by atoms with Crippen LogP contribution in [0, 0.1) is 14.9 Å². The van der Waals surface area contributed by atoms with Gasteiger partial charge in [0.2, 0.25) is 0 Å². The molecule has 0 unspecified atom stereocenters. The molecule has 1 aliphatic rings. The van der Waals surface area contributed by atoms with Crippen LogP contribution < -0.4 is 5.32 Å². The highest BCUT2D eigenvalue weighted by molar-refractivity contribution is 14.1. The molecule has 0 aliphatic heterocycles. The Kier molecular flexibility index (Phi) is 4.97. The molecule has 4 heteroatoms. The molecule has 0 radical (unpaired) electrons. The number of halogens is 1. The third-order valence-corrected chi connectivity index (χ3v) is 3.97. The standard InChI is InChI=1S/C15H15IN2O/c16-12-6-8-13(9-7-12)18-15(19)14(10-17)11-4-2-1-3-5-11/h6-9H,1-5H2,(H,18,19). The maximum Gasteiger partial charge on any atom is 0.266 e. The summed E-state index contributed by atoms with van der Waals surface area (Å²) in [4.78, 5) is 12.1. The van der Waals surface area contributed by atoms with Crippen LogP contribution in [0.25, 0.3) is 0 Å². The number of rotatable bonds is 2. The summed E-state index contributed by atoms with van der Waals surface area (Å²) in [5.74, 6) is -0.277. The summed E-state index contributed by atoms with van der Waals surface area (Å²) in [7, 11) is 0. The van der Waals surface area contributed by atoms with Gasteiger partial charge in [0.15, 0.2) is 0 Å². The topological polar surface area (TPSA) is 52.9 Å². The van der Waals surface area contributed by atoms with E-state index in [0.717, 1.165) is 40.5 Å². The molecule has 0 atom stereocenters. The predicted octanol–water partition coefficient (Wildman–Crippen LogP) is 4.01. The van der Waals surface area contributed by atoms with Gasteiger partial charge in [-0.15, -0.1) is 0 Å². The lowest BCUT2D eigenvalue weighted by molar-refractivity contribution is -0.112. The zero-order chi connectivity index (χ0) is 13.7. The molecule has 1 saturated carbocycles. The van der Waals surface area contributed by atoms with Crippen molar-refractivity contribution >= 4 is 34.2 Å². The lowest BCUT2D eigenvalue weighted by Gasteiger charge is -2.15. The third kappa shape index (κ3) is 3.80. The number of nitrogens with zero attached hydrogens (tertiary/aromatic N) is 1. The largest absolute Gasteiger partial charge is 0.321 e. The monoisotopic (exact) mass is 366 g/mol. The van der Waals surface area contributed by atoms with Gasteiger partial charge in [-0.3, -0.25) is 4.79 Å². The van der Waals surface area contributed by atoms with Crippen LogP contribution in [0.4, 0.5) is 5.69 Å². The Bertz CT molecular complexity index is 532. The first kappa shape index (κ1) is 14.1. The predicted molar refractivity (Wildman–Crippen MR) is 83.5 cm³/mol. The van der Waals surface area contributed by atoms with E-state index in [9.17, 15) is 10.1 Å². The molecule has 0 heterocycles. The van der Waals surface area contributed by atoms with E-state index in [1.54, 1.807) is 0 Å². The van der Waals surface area contributed by atoms with Gasteiger partial charge in [0, 0.05) is 9.26 Å². The summed E-state index contributed by atoms with van der Waals surface area (Å²) in [5.41, 5.74) is 2.05. The number of benzene rings is 1. The molecule has 1 aliphatic carbocycles. The van der Waals surface area contributed by atoms with Crippen LogP contribution in [-0.2, 0) is 4.79 Å². The van der Waals surface area contributed by atoms with Crippen molar-refractivity contribution in [1.82, 2.24) is 0 Å². The molecule has 0 saturated heterocycles. The van der Waals surface area contributed by atoms with Crippen LogP contribution in [0.3, 0.4) is 0 Å². The molecule has 1 aromatic carbocycles. The minimum atomic E-state index is -0.277. The molecular weight excluding hydrogens is 351 g/mol. The highest BCUT2D eigenvalue weighted by Gasteiger charge is 2.17. The number of hydrogen-bond donors (Lipinski definition) is 1. The smallest absolute Gasteiger partial charge is 0.266 e. The Labute approximate surface area is 126 Å². The molecule has 1 N–H and O–H groups in total. The Balaban J connectivity index is 2.13. The van der Waals surface area contributed by atoms with E-state index in [4.69, 9.17) is 0 Å². The second-order valence-corrected chi connectivity index (χ2v) is 5.86. The van der Waals surface area contributed by atoms with Crippen molar-refractivity contribution < 1.29 is 4.79 Å². The van der Waals surface area contributed by atoms with Crippen molar-refractivity contribution in [3.8, 4) is 6.07 Å². The van der Waals surface area contributed by atoms with Gasteiger partial charge in [0.05, 0.1) is 0 Å². The van der Waals surface area contributed by atoms with Crippen molar-refractivity contribution in [2.24, 2.45) is 0 Å². The number of carbonyl (C=O) groups excluding carboxylic acids is 1. The lowest BCUT2D eigenvalue weighted by atomic mass is 9.91. The van der Waals surface area contributed by atoms with Gasteiger partial charge >= 0.3 is 0 Å². The van der Waals surface area contributed by atoms with E-state index >= 15 is 0 Å². The first-order valence-electron chi connectivity index (χ1n) is 6.40. The van der Waals surface area contributed by atoms with Gasteiger partial charge in [0.1, 0.15) is 11.6 Å². The molecule has 1 amide bonds. The normalized spacial score (nSPS) is 14.6. The average Bonchev–Trinajstić information content (AvgIpc) is 2.43. The van der Waals surface area contributed by atoms with Crippen molar-refractivity contribution in [1.29, 1.82) is 5.26 Å². The van der Waals surface area contributed by atoms with Crippen LogP contribution in [0.2, 0.25) is 0 Å². The fourth-order valence-electron chi connectivity index (χ4n) is 2.25. The summed E-state index contributed by atoms with van der Waals surface area (Å²) in [5, 5.41) is 12.0. The van der Waals surface area contributed by atoms with E-state index in [2.05, 4.69) is 34.0 Å². The van der Waals surface area contributed by atoms with Crippen molar-refractivity contribution in [2.75, 3.05) is 5.32 Å². The quantitative estimate of drug-likeness (QED) is 0.489. The fourth-order valence-corrected chi connectivity index (χ4v) is 2.61. The van der Waals surface area contributed by atoms with Gasteiger partial charge in [-0.2, -0.15) is 5.26 Å². The van der Waals surface area contributed by atoms with Gasteiger partial charge < -0.3 is 5.32 Å². The van der Waals surface area contributed by atoms with Crippen LogP contribution in [0.5, 0.6) is 0 Å². The van der Waals surface area contributed by atoms with Crippen molar-refractivity contribution in [3.63, 3.8) is 0 Å². The number of anilines is 1. The van der Waals surface area contributed by atoms with Crippen molar-refractivity contribution in [2.45, 2.75) is 32.1 Å². The molecule has 3 nitrogen and oxygen atoms in total. The zero-order valence-electron chi connectivity index (χ0n) is 10.6. The van der Waals surface area contributed by atoms with Gasteiger partial charge in [-0.05, 0) is 78.1 Å². The molecular formula is C15H15IN2O. The summed E-state index contributed by atoms with van der Waals surface area (Å²) < 4.78 is 1.11. The maximum atomic E-state index is 12.1. The maximum absolute atomic E-state index is 12.1. The first-order chi connectivity index (χ1) is 9.20. The van der Waals surface area contributed by atoms with Gasteiger partial charge in [-0.25, -0.2) is 0 Å². The average molecular weight is 366 g/mol. The fraction of sp³-hybridized carbons (Fsp3) is 0.333. The van der Waals surface area contributed by atoms with E-state index in [-0.39, 0.29) is 5.91 Å². The first-order valence-corrected chi connectivity index (χ1v) is 7.47. The summed E-state index contributed by atoms with van der Waals surface area (Å²) in [6.45, 7) is 0. The molecule has 98 valence electrons. The number of nitrogens with one attached hydrogen (secondary N) is 1. The number of hydrogen-bond acceptors (Lipinski definition) is 2. The van der Waals surface area contributed by atoms with Crippen LogP contribution >= 0.6 is 22.6 Å². The molecule has 0 bridgehead atoms.